The van der Waals surface area contributed by atoms with Gasteiger partial charge < -0.3 is 15.5 Å². The highest BCUT2D eigenvalue weighted by Gasteiger charge is 2.48. The smallest absolute Gasteiger partial charge is 0.256 e. The molecule has 4 rings (SSSR count). The maximum absolute atomic E-state index is 13.1. The van der Waals surface area contributed by atoms with Crippen molar-refractivity contribution in [3.8, 4) is 0 Å². The zero-order chi connectivity index (χ0) is 20.4. The lowest BCUT2D eigenvalue weighted by atomic mass is 10.1. The van der Waals surface area contributed by atoms with Crippen LogP contribution in [0.15, 0.2) is 24.3 Å². The maximum Gasteiger partial charge on any atom is 0.256 e. The van der Waals surface area contributed by atoms with Gasteiger partial charge in [-0.3, -0.25) is 14.4 Å². The normalized spacial score (nSPS) is 24.3. The molecule has 6 nitrogen and oxygen atoms in total. The Morgan fingerprint density at radius 1 is 1.28 bits per heavy atom. The van der Waals surface area contributed by atoms with Gasteiger partial charge in [0, 0.05) is 17.4 Å². The molecule has 2 heterocycles. The lowest BCUT2D eigenvalue weighted by Crippen LogP contribution is -2.54. The van der Waals surface area contributed by atoms with Gasteiger partial charge >= 0.3 is 0 Å². The molecule has 3 atom stereocenters. The SMILES string of the molecule is CSCC[C@H](NC(=O)[C@@H]1CSC2c3ccccc3C(=O)N21)C(=O)NC1CCCC1. The summed E-state index contributed by atoms with van der Waals surface area (Å²) >= 11 is 3.27. The Morgan fingerprint density at radius 3 is 2.79 bits per heavy atom. The van der Waals surface area contributed by atoms with Crippen LogP contribution in [-0.4, -0.2) is 58.5 Å². The molecule has 2 N–H and O–H groups in total. The van der Waals surface area contributed by atoms with Gasteiger partial charge in [-0.05, 0) is 42.9 Å². The summed E-state index contributed by atoms with van der Waals surface area (Å²) in [5.74, 6) is 0.924. The molecule has 0 bridgehead atoms. The molecule has 0 aromatic heterocycles. The molecule has 1 saturated carbocycles. The van der Waals surface area contributed by atoms with E-state index in [4.69, 9.17) is 0 Å². The second-order valence-electron chi connectivity index (χ2n) is 7.83. The van der Waals surface area contributed by atoms with E-state index < -0.39 is 12.1 Å². The number of amides is 3. The standard InChI is InChI=1S/C21H27N3O3S2/c1-28-11-10-16(18(25)22-13-6-2-3-7-13)23-19(26)17-12-29-21-15-9-5-4-8-14(15)20(27)24(17)21/h4-5,8-9,13,16-17,21H,2-3,6-7,10-12H2,1H3,(H,22,25)(H,23,26)/t16-,17-,21?/m0/s1. The fourth-order valence-corrected chi connectivity index (χ4v) is 6.32. The van der Waals surface area contributed by atoms with E-state index in [2.05, 4.69) is 10.6 Å². The van der Waals surface area contributed by atoms with Crippen molar-refractivity contribution in [3.63, 3.8) is 0 Å². The first kappa shape index (κ1) is 20.6. The lowest BCUT2D eigenvalue weighted by molar-refractivity contribution is -0.131. The van der Waals surface area contributed by atoms with Crippen molar-refractivity contribution in [1.82, 2.24) is 15.5 Å². The van der Waals surface area contributed by atoms with Crippen molar-refractivity contribution in [3.05, 3.63) is 35.4 Å². The summed E-state index contributed by atoms with van der Waals surface area (Å²) in [5, 5.41) is 5.96. The van der Waals surface area contributed by atoms with E-state index in [1.807, 2.05) is 30.5 Å². The second-order valence-corrected chi connectivity index (χ2v) is 9.93. The number of rotatable bonds is 7. The molecule has 8 heteroatoms. The summed E-state index contributed by atoms with van der Waals surface area (Å²) in [6.45, 7) is 0. The Kier molecular flexibility index (Phi) is 6.39. The summed E-state index contributed by atoms with van der Waals surface area (Å²) in [6.07, 6.45) is 6.89. The van der Waals surface area contributed by atoms with Crippen molar-refractivity contribution < 1.29 is 14.4 Å². The molecule has 1 aromatic rings. The molecule has 1 saturated heterocycles. The van der Waals surface area contributed by atoms with Gasteiger partial charge in [-0.1, -0.05) is 31.0 Å². The van der Waals surface area contributed by atoms with Gasteiger partial charge in [0.1, 0.15) is 17.5 Å². The molecular formula is C21H27N3O3S2. The Labute approximate surface area is 179 Å². The van der Waals surface area contributed by atoms with Crippen LogP contribution in [0.1, 0.15) is 53.4 Å². The monoisotopic (exact) mass is 433 g/mol. The highest BCUT2D eigenvalue weighted by Crippen LogP contribution is 2.48. The van der Waals surface area contributed by atoms with Crippen LogP contribution in [0.4, 0.5) is 0 Å². The first-order valence-corrected chi connectivity index (χ1v) is 12.7. The quantitative estimate of drug-likeness (QED) is 0.691. The molecule has 156 valence electrons. The number of carbonyl (C=O) groups is 3. The van der Waals surface area contributed by atoms with E-state index in [1.165, 1.54) is 0 Å². The molecule has 0 radical (unpaired) electrons. The van der Waals surface area contributed by atoms with E-state index in [0.717, 1.165) is 37.0 Å². The fourth-order valence-electron chi connectivity index (χ4n) is 4.39. The molecule has 3 amide bonds. The topological polar surface area (TPSA) is 78.5 Å². The number of hydrogen-bond donors (Lipinski definition) is 2. The number of carbonyl (C=O) groups excluding carboxylic acids is 3. The predicted molar refractivity (Wildman–Crippen MR) is 117 cm³/mol. The van der Waals surface area contributed by atoms with Crippen molar-refractivity contribution >= 4 is 41.2 Å². The van der Waals surface area contributed by atoms with Crippen LogP contribution < -0.4 is 10.6 Å². The van der Waals surface area contributed by atoms with Gasteiger partial charge in [0.15, 0.2) is 0 Å². The Bertz CT molecular complexity index is 797. The van der Waals surface area contributed by atoms with Gasteiger partial charge in [-0.2, -0.15) is 11.8 Å². The van der Waals surface area contributed by atoms with E-state index >= 15 is 0 Å². The largest absolute Gasteiger partial charge is 0.352 e. The average Bonchev–Trinajstić information content (AvgIpc) is 3.44. The van der Waals surface area contributed by atoms with E-state index in [9.17, 15) is 14.4 Å². The predicted octanol–water partition coefficient (Wildman–Crippen LogP) is 2.55. The highest BCUT2D eigenvalue weighted by atomic mass is 32.2. The molecule has 1 aromatic carbocycles. The van der Waals surface area contributed by atoms with Crippen LogP contribution in [0.25, 0.3) is 0 Å². The summed E-state index contributed by atoms with van der Waals surface area (Å²) in [5.41, 5.74) is 1.66. The van der Waals surface area contributed by atoms with Crippen molar-refractivity contribution in [1.29, 1.82) is 0 Å². The first-order chi connectivity index (χ1) is 14.1. The van der Waals surface area contributed by atoms with Gasteiger partial charge in [0.05, 0.1) is 0 Å². The third kappa shape index (κ3) is 4.14. The number of thioether (sulfide) groups is 2. The number of nitrogens with zero attached hydrogens (tertiary/aromatic N) is 1. The zero-order valence-electron chi connectivity index (χ0n) is 16.6. The second kappa shape index (κ2) is 9.00. The minimum atomic E-state index is -0.556. The number of nitrogens with one attached hydrogen (secondary N) is 2. The summed E-state index contributed by atoms with van der Waals surface area (Å²) in [4.78, 5) is 40.5. The van der Waals surface area contributed by atoms with Crippen LogP contribution in [0.5, 0.6) is 0 Å². The van der Waals surface area contributed by atoms with Crippen molar-refractivity contribution in [2.24, 2.45) is 0 Å². The molecule has 2 aliphatic heterocycles. The van der Waals surface area contributed by atoms with Crippen LogP contribution in [-0.2, 0) is 9.59 Å². The molecular weight excluding hydrogens is 406 g/mol. The van der Waals surface area contributed by atoms with Gasteiger partial charge in [-0.15, -0.1) is 11.8 Å². The van der Waals surface area contributed by atoms with Gasteiger partial charge in [-0.25, -0.2) is 0 Å². The Morgan fingerprint density at radius 2 is 2.03 bits per heavy atom. The fraction of sp³-hybridized carbons (Fsp3) is 0.571. The minimum Gasteiger partial charge on any atom is -0.352 e. The maximum atomic E-state index is 13.1. The van der Waals surface area contributed by atoms with Crippen LogP contribution in [0.2, 0.25) is 0 Å². The van der Waals surface area contributed by atoms with Crippen molar-refractivity contribution in [2.75, 3.05) is 17.8 Å². The van der Waals surface area contributed by atoms with Gasteiger partial charge in [0.25, 0.3) is 5.91 Å². The summed E-state index contributed by atoms with van der Waals surface area (Å²) in [7, 11) is 0. The lowest BCUT2D eigenvalue weighted by Gasteiger charge is -2.26. The van der Waals surface area contributed by atoms with E-state index in [-0.39, 0.29) is 29.1 Å². The third-order valence-electron chi connectivity index (χ3n) is 5.94. The van der Waals surface area contributed by atoms with E-state index in [0.29, 0.717) is 17.7 Å². The Hall–Kier alpha value is -1.67. The molecule has 3 aliphatic rings. The zero-order valence-corrected chi connectivity index (χ0v) is 18.2. The van der Waals surface area contributed by atoms with Crippen LogP contribution >= 0.6 is 23.5 Å². The minimum absolute atomic E-state index is 0.0909. The highest BCUT2D eigenvalue weighted by molar-refractivity contribution is 7.99. The average molecular weight is 434 g/mol. The number of fused-ring (bicyclic) bond motifs is 3. The third-order valence-corrected chi connectivity index (χ3v) is 7.89. The van der Waals surface area contributed by atoms with Crippen LogP contribution in [0, 0.1) is 0 Å². The summed E-state index contributed by atoms with van der Waals surface area (Å²) < 4.78 is 0. The molecule has 2 fully saturated rings. The Balaban J connectivity index is 1.43. The first-order valence-electron chi connectivity index (χ1n) is 10.2. The van der Waals surface area contributed by atoms with Crippen LogP contribution in [0.3, 0.4) is 0 Å². The molecule has 0 spiro atoms. The number of hydrogen-bond acceptors (Lipinski definition) is 5. The van der Waals surface area contributed by atoms with Crippen molar-refractivity contribution in [2.45, 2.75) is 55.6 Å². The molecule has 1 unspecified atom stereocenters. The molecule has 29 heavy (non-hydrogen) atoms. The number of benzene rings is 1. The van der Waals surface area contributed by atoms with Gasteiger partial charge in [0.2, 0.25) is 11.8 Å². The van der Waals surface area contributed by atoms with E-state index in [1.54, 1.807) is 28.4 Å². The molecule has 1 aliphatic carbocycles. The summed E-state index contributed by atoms with van der Waals surface area (Å²) in [6, 6.07) is 6.68.